The van der Waals surface area contributed by atoms with Gasteiger partial charge in [0.05, 0.1) is 11.3 Å². The largest absolute Gasteiger partial charge is 1.00 e. The zero-order chi connectivity index (χ0) is 27.9. The first kappa shape index (κ1) is 30.6. The normalized spacial score (nSPS) is 10.4. The van der Waals surface area contributed by atoms with E-state index < -0.39 is 36.8 Å². The van der Waals surface area contributed by atoms with Crippen LogP contribution in [0, 0.1) is 18.6 Å². The molecule has 0 heterocycles. The van der Waals surface area contributed by atoms with E-state index in [1.807, 2.05) is 19.1 Å². The Balaban J connectivity index is 0.00000294. The van der Waals surface area contributed by atoms with Gasteiger partial charge >= 0.3 is 35.5 Å². The summed E-state index contributed by atoms with van der Waals surface area (Å²) >= 11 is 0. The molecule has 2 amide bonds. The maximum atomic E-state index is 13.2. The molecule has 7 nitrogen and oxygen atoms in total. The molecule has 0 aliphatic carbocycles. The van der Waals surface area contributed by atoms with Crippen LogP contribution in [0.25, 0.3) is 22.3 Å². The number of anilines is 2. The Bertz CT molecular complexity index is 1530. The first-order valence-corrected chi connectivity index (χ1v) is 11.9. The molecule has 10 heteroatoms. The maximum Gasteiger partial charge on any atom is 1.00 e. The van der Waals surface area contributed by atoms with Crippen molar-refractivity contribution in [3.8, 4) is 22.3 Å². The van der Waals surface area contributed by atoms with Gasteiger partial charge in [0, 0.05) is 5.69 Å². The monoisotopic (exact) mass is 554 g/mol. The minimum atomic E-state index is -1.26. The van der Waals surface area contributed by atoms with Crippen LogP contribution >= 0.6 is 0 Å². The number of carbonyl (C=O) groups is 3. The minimum absolute atomic E-state index is 0. The van der Waals surface area contributed by atoms with E-state index in [2.05, 4.69) is 10.6 Å². The SMILES string of the molecule is Cc1ccc(-c2ccc(F)cc2)cc1NC(=O)COCC(=O)Nc1ccc(-c2ccc(F)cc2)cc1C(=O)O.[H-].[Na+]. The van der Waals surface area contributed by atoms with Crippen molar-refractivity contribution < 1.29 is 64.0 Å². The molecule has 0 atom stereocenters. The van der Waals surface area contributed by atoms with Crippen LogP contribution < -0.4 is 40.2 Å². The number of rotatable bonds is 9. The van der Waals surface area contributed by atoms with E-state index in [0.29, 0.717) is 16.8 Å². The number of nitrogens with one attached hydrogen (secondary N) is 2. The molecular formula is C30H25F2N2NaO5. The third kappa shape index (κ3) is 8.06. The van der Waals surface area contributed by atoms with Gasteiger partial charge in [-0.1, -0.05) is 42.5 Å². The van der Waals surface area contributed by atoms with Crippen molar-refractivity contribution >= 4 is 29.2 Å². The summed E-state index contributed by atoms with van der Waals surface area (Å²) in [5.41, 5.74) is 3.97. The number of amides is 2. The average molecular weight is 555 g/mol. The number of aromatic carboxylic acids is 1. The zero-order valence-corrected chi connectivity index (χ0v) is 23.8. The van der Waals surface area contributed by atoms with Crippen molar-refractivity contribution in [1.29, 1.82) is 0 Å². The fourth-order valence-electron chi connectivity index (χ4n) is 3.84. The van der Waals surface area contributed by atoms with Crippen molar-refractivity contribution in [1.82, 2.24) is 0 Å². The van der Waals surface area contributed by atoms with E-state index in [9.17, 15) is 28.3 Å². The molecule has 0 saturated heterocycles. The molecule has 0 aromatic heterocycles. The van der Waals surface area contributed by atoms with Crippen LogP contribution in [0.4, 0.5) is 20.2 Å². The molecule has 0 aliphatic rings. The van der Waals surface area contributed by atoms with Crippen LogP contribution in [0.1, 0.15) is 17.3 Å². The summed E-state index contributed by atoms with van der Waals surface area (Å²) in [6.45, 7) is 0.920. The Morgan fingerprint density at radius 1 is 0.700 bits per heavy atom. The average Bonchev–Trinajstić information content (AvgIpc) is 2.91. The number of ether oxygens (including phenoxy) is 1. The summed E-state index contributed by atoms with van der Waals surface area (Å²) in [4.78, 5) is 36.5. The fourth-order valence-corrected chi connectivity index (χ4v) is 3.84. The van der Waals surface area contributed by atoms with Gasteiger partial charge in [-0.05, 0) is 77.2 Å². The molecule has 0 fully saturated rings. The molecule has 0 bridgehead atoms. The van der Waals surface area contributed by atoms with Gasteiger partial charge in [0.1, 0.15) is 24.8 Å². The predicted octanol–water partition coefficient (Wildman–Crippen LogP) is 3.02. The molecule has 4 aromatic rings. The number of carbonyl (C=O) groups excluding carboxylic acids is 2. The molecule has 0 aliphatic heterocycles. The second-order valence-electron chi connectivity index (χ2n) is 8.70. The first-order valence-electron chi connectivity index (χ1n) is 11.9. The molecule has 0 unspecified atom stereocenters. The van der Waals surface area contributed by atoms with Crippen LogP contribution in [0.3, 0.4) is 0 Å². The topological polar surface area (TPSA) is 105 Å². The molecule has 0 saturated carbocycles. The molecule has 40 heavy (non-hydrogen) atoms. The molecule has 0 radical (unpaired) electrons. The van der Waals surface area contributed by atoms with Gasteiger partial charge in [0.25, 0.3) is 0 Å². The summed E-state index contributed by atoms with van der Waals surface area (Å²) in [6, 6.07) is 21.4. The number of aryl methyl sites for hydroxylation is 1. The quantitative estimate of drug-likeness (QED) is 0.276. The Morgan fingerprint density at radius 2 is 1.15 bits per heavy atom. The van der Waals surface area contributed by atoms with E-state index in [0.717, 1.165) is 16.7 Å². The summed E-state index contributed by atoms with van der Waals surface area (Å²) in [7, 11) is 0. The van der Waals surface area contributed by atoms with Gasteiger partial charge in [-0.25, -0.2) is 13.6 Å². The standard InChI is InChI=1S/C30H24F2N2O5.Na.H/c1-18-2-3-22(20-6-11-24(32)12-7-20)15-27(18)34-29(36)17-39-16-28(35)33-26-13-8-21(14-25(26)30(37)38)19-4-9-23(31)10-5-19;;/h2-15H,16-17H2,1H3,(H,33,35)(H,34,36)(H,37,38);;/q;+1;-1. The van der Waals surface area contributed by atoms with Gasteiger partial charge < -0.3 is 21.9 Å². The van der Waals surface area contributed by atoms with Crippen LogP contribution in [0.15, 0.2) is 84.9 Å². The third-order valence-electron chi connectivity index (χ3n) is 5.86. The first-order chi connectivity index (χ1) is 18.7. The maximum absolute atomic E-state index is 13.2. The van der Waals surface area contributed by atoms with Crippen LogP contribution in [-0.4, -0.2) is 36.1 Å². The fraction of sp³-hybridized carbons (Fsp3) is 0.100. The summed E-state index contributed by atoms with van der Waals surface area (Å²) in [6.07, 6.45) is 0. The molecule has 4 rings (SSSR count). The van der Waals surface area contributed by atoms with Crippen molar-refractivity contribution in [2.75, 3.05) is 23.8 Å². The van der Waals surface area contributed by atoms with Gasteiger partial charge in [-0.3, -0.25) is 9.59 Å². The van der Waals surface area contributed by atoms with E-state index in [-0.39, 0.29) is 48.1 Å². The van der Waals surface area contributed by atoms with Gasteiger partial charge in [-0.2, -0.15) is 0 Å². The van der Waals surface area contributed by atoms with Crippen LogP contribution in [-0.2, 0) is 14.3 Å². The zero-order valence-electron chi connectivity index (χ0n) is 22.8. The number of halogens is 2. The van der Waals surface area contributed by atoms with E-state index in [1.54, 1.807) is 24.3 Å². The Labute approximate surface area is 253 Å². The molecule has 0 spiro atoms. The summed E-state index contributed by atoms with van der Waals surface area (Å²) in [5.74, 6) is -3.15. The number of carboxylic acids is 1. The number of benzene rings is 4. The van der Waals surface area contributed by atoms with Crippen molar-refractivity contribution in [2.45, 2.75) is 6.92 Å². The number of carboxylic acid groups (broad SMARTS) is 1. The van der Waals surface area contributed by atoms with Crippen molar-refractivity contribution in [2.24, 2.45) is 0 Å². The molecule has 3 N–H and O–H groups in total. The van der Waals surface area contributed by atoms with E-state index >= 15 is 0 Å². The van der Waals surface area contributed by atoms with Crippen LogP contribution in [0.2, 0.25) is 0 Å². The summed E-state index contributed by atoms with van der Waals surface area (Å²) in [5, 5.41) is 14.8. The van der Waals surface area contributed by atoms with E-state index in [1.165, 1.54) is 48.5 Å². The Hall–Kier alpha value is -3.89. The number of hydrogen-bond donors (Lipinski definition) is 3. The number of hydrogen-bond acceptors (Lipinski definition) is 4. The van der Waals surface area contributed by atoms with Crippen molar-refractivity contribution in [3.05, 3.63) is 108 Å². The predicted molar refractivity (Wildman–Crippen MR) is 145 cm³/mol. The second kappa shape index (κ2) is 14.0. The smallest absolute Gasteiger partial charge is 1.00 e. The molecule has 200 valence electrons. The second-order valence-corrected chi connectivity index (χ2v) is 8.70. The van der Waals surface area contributed by atoms with Gasteiger partial charge in [-0.15, -0.1) is 0 Å². The van der Waals surface area contributed by atoms with Crippen molar-refractivity contribution in [3.63, 3.8) is 0 Å². The minimum Gasteiger partial charge on any atom is -1.00 e. The Morgan fingerprint density at radius 3 is 1.68 bits per heavy atom. The van der Waals surface area contributed by atoms with Crippen LogP contribution in [0.5, 0.6) is 0 Å². The molecular weight excluding hydrogens is 529 g/mol. The van der Waals surface area contributed by atoms with Gasteiger partial charge in [0.2, 0.25) is 11.8 Å². The van der Waals surface area contributed by atoms with Gasteiger partial charge in [0.15, 0.2) is 0 Å². The third-order valence-corrected chi connectivity index (χ3v) is 5.86. The molecule has 4 aromatic carbocycles. The summed E-state index contributed by atoms with van der Waals surface area (Å²) < 4.78 is 31.6. The van der Waals surface area contributed by atoms with E-state index in [4.69, 9.17) is 4.74 Å². The Kier molecular flexibility index (Phi) is 10.7.